The average molecular weight is 299 g/mol. The normalized spacial score (nSPS) is 19.0. The van der Waals surface area contributed by atoms with Crippen LogP contribution in [-0.4, -0.2) is 46.7 Å². The number of rotatable bonds is 1. The number of hydrogen-bond acceptors (Lipinski definition) is 3. The fourth-order valence-corrected chi connectivity index (χ4v) is 3.43. The summed E-state index contributed by atoms with van der Waals surface area (Å²) < 4.78 is 7.64. The van der Waals surface area contributed by atoms with Crippen LogP contribution in [0.3, 0.4) is 0 Å². The number of nitrogens with zero attached hydrogens (tertiary/aromatic N) is 3. The van der Waals surface area contributed by atoms with E-state index in [4.69, 9.17) is 9.72 Å². The van der Waals surface area contributed by atoms with E-state index in [1.807, 2.05) is 17.0 Å². The number of aromatic nitrogens is 2. The molecule has 1 aromatic heterocycles. The Hall–Kier alpha value is -1.88. The number of ether oxygens (including phenoxy) is 1. The zero-order valence-electron chi connectivity index (χ0n) is 12.8. The van der Waals surface area contributed by atoms with Crippen molar-refractivity contribution in [3.8, 4) is 0 Å². The second-order valence-electron chi connectivity index (χ2n) is 6.10. The number of carbonyl (C=O) groups excluding carboxylic acids is 1. The highest BCUT2D eigenvalue weighted by atomic mass is 16.5. The van der Waals surface area contributed by atoms with Gasteiger partial charge in [-0.05, 0) is 31.0 Å². The van der Waals surface area contributed by atoms with Crippen molar-refractivity contribution < 1.29 is 9.53 Å². The minimum atomic E-state index is 0.0911. The van der Waals surface area contributed by atoms with Gasteiger partial charge in [-0.3, -0.25) is 4.79 Å². The third kappa shape index (κ3) is 2.39. The summed E-state index contributed by atoms with van der Waals surface area (Å²) in [6.07, 6.45) is 4.75. The number of morpholine rings is 1. The van der Waals surface area contributed by atoms with Gasteiger partial charge in [0.2, 0.25) is 0 Å². The number of fused-ring (bicyclic) bond motifs is 3. The van der Waals surface area contributed by atoms with Crippen LogP contribution < -0.4 is 0 Å². The summed E-state index contributed by atoms with van der Waals surface area (Å²) in [7, 11) is 0. The molecule has 1 fully saturated rings. The smallest absolute Gasteiger partial charge is 0.254 e. The zero-order valence-corrected chi connectivity index (χ0v) is 12.8. The Morgan fingerprint density at radius 3 is 2.82 bits per heavy atom. The van der Waals surface area contributed by atoms with Crippen molar-refractivity contribution in [2.24, 2.45) is 0 Å². The lowest BCUT2D eigenvalue weighted by molar-refractivity contribution is 0.0303. The molecule has 3 heterocycles. The predicted octanol–water partition coefficient (Wildman–Crippen LogP) is 2.24. The summed E-state index contributed by atoms with van der Waals surface area (Å²) >= 11 is 0. The molecule has 1 amide bonds. The van der Waals surface area contributed by atoms with Gasteiger partial charge in [0.15, 0.2) is 0 Å². The van der Waals surface area contributed by atoms with E-state index in [0.29, 0.717) is 26.3 Å². The van der Waals surface area contributed by atoms with Crippen LogP contribution in [0.1, 0.15) is 35.4 Å². The van der Waals surface area contributed by atoms with Crippen molar-refractivity contribution in [2.75, 3.05) is 26.3 Å². The molecule has 0 spiro atoms. The molecule has 1 saturated heterocycles. The Morgan fingerprint density at radius 1 is 1.09 bits per heavy atom. The van der Waals surface area contributed by atoms with Crippen LogP contribution in [0.4, 0.5) is 0 Å². The highest BCUT2D eigenvalue weighted by Crippen LogP contribution is 2.23. The minimum Gasteiger partial charge on any atom is -0.378 e. The summed E-state index contributed by atoms with van der Waals surface area (Å²) in [5.41, 5.74) is 2.86. The highest BCUT2D eigenvalue weighted by molar-refractivity contribution is 5.97. The molecule has 0 N–H and O–H groups in total. The molecule has 116 valence electrons. The van der Waals surface area contributed by atoms with E-state index >= 15 is 0 Å². The predicted molar refractivity (Wildman–Crippen MR) is 84.0 cm³/mol. The Kier molecular flexibility index (Phi) is 3.58. The second kappa shape index (κ2) is 5.72. The maximum Gasteiger partial charge on any atom is 0.254 e. The van der Waals surface area contributed by atoms with E-state index in [0.717, 1.165) is 29.6 Å². The molecular formula is C17H21N3O2. The van der Waals surface area contributed by atoms with Crippen LogP contribution in [0.25, 0.3) is 11.0 Å². The fourth-order valence-electron chi connectivity index (χ4n) is 3.43. The number of amides is 1. The number of imidazole rings is 1. The van der Waals surface area contributed by atoms with E-state index in [2.05, 4.69) is 10.6 Å². The number of hydrogen-bond donors (Lipinski definition) is 0. The van der Waals surface area contributed by atoms with Gasteiger partial charge >= 0.3 is 0 Å². The lowest BCUT2D eigenvalue weighted by Crippen LogP contribution is -2.40. The molecular weight excluding hydrogens is 278 g/mol. The molecule has 5 nitrogen and oxygen atoms in total. The van der Waals surface area contributed by atoms with E-state index in [-0.39, 0.29) is 5.91 Å². The minimum absolute atomic E-state index is 0.0911. The summed E-state index contributed by atoms with van der Waals surface area (Å²) in [6, 6.07) is 5.96. The number of benzene rings is 1. The largest absolute Gasteiger partial charge is 0.378 e. The first-order valence-corrected chi connectivity index (χ1v) is 8.19. The highest BCUT2D eigenvalue weighted by Gasteiger charge is 2.20. The van der Waals surface area contributed by atoms with Crippen molar-refractivity contribution in [3.63, 3.8) is 0 Å². The van der Waals surface area contributed by atoms with Gasteiger partial charge in [0.05, 0.1) is 24.2 Å². The van der Waals surface area contributed by atoms with E-state index < -0.39 is 0 Å². The topological polar surface area (TPSA) is 47.4 Å². The van der Waals surface area contributed by atoms with Gasteiger partial charge in [0, 0.05) is 31.6 Å². The number of aryl methyl sites for hydroxylation is 2. The third-order valence-corrected chi connectivity index (χ3v) is 4.65. The van der Waals surface area contributed by atoms with Gasteiger partial charge in [0.1, 0.15) is 5.82 Å². The maximum absolute atomic E-state index is 12.6. The summed E-state index contributed by atoms with van der Waals surface area (Å²) in [6.45, 7) is 3.66. The van der Waals surface area contributed by atoms with Gasteiger partial charge in [-0.2, -0.15) is 0 Å². The molecule has 22 heavy (non-hydrogen) atoms. The quantitative estimate of drug-likeness (QED) is 0.811. The van der Waals surface area contributed by atoms with Gasteiger partial charge in [0.25, 0.3) is 5.91 Å². The molecule has 4 rings (SSSR count). The van der Waals surface area contributed by atoms with Crippen LogP contribution in [0.5, 0.6) is 0 Å². The van der Waals surface area contributed by atoms with Crippen molar-refractivity contribution in [2.45, 2.75) is 32.2 Å². The average Bonchev–Trinajstić information content (AvgIpc) is 2.75. The van der Waals surface area contributed by atoms with E-state index in [9.17, 15) is 4.79 Å². The number of carbonyl (C=O) groups is 1. The molecule has 5 heteroatoms. The van der Waals surface area contributed by atoms with Crippen molar-refractivity contribution in [3.05, 3.63) is 29.6 Å². The monoisotopic (exact) mass is 299 g/mol. The Bertz CT molecular complexity index is 701. The maximum atomic E-state index is 12.6. The molecule has 0 aliphatic carbocycles. The molecule has 0 bridgehead atoms. The fraction of sp³-hybridized carbons (Fsp3) is 0.529. The Labute approximate surface area is 129 Å². The molecule has 2 aliphatic heterocycles. The van der Waals surface area contributed by atoms with E-state index in [1.165, 1.54) is 25.1 Å². The van der Waals surface area contributed by atoms with Gasteiger partial charge in [-0.25, -0.2) is 4.98 Å². The van der Waals surface area contributed by atoms with Crippen LogP contribution >= 0.6 is 0 Å². The summed E-state index contributed by atoms with van der Waals surface area (Å²) in [5, 5.41) is 0. The molecule has 2 aromatic rings. The second-order valence-corrected chi connectivity index (χ2v) is 6.10. The molecule has 1 aromatic carbocycles. The summed E-state index contributed by atoms with van der Waals surface area (Å²) in [4.78, 5) is 19.2. The standard InChI is InChI=1S/C17H21N3O2/c21-17(19-8-10-22-11-9-19)13-5-6-15-14(12-13)18-16-4-2-1-3-7-20(15)16/h5-6,12H,1-4,7-11H2. The van der Waals surface area contributed by atoms with Gasteiger partial charge in [-0.15, -0.1) is 0 Å². The van der Waals surface area contributed by atoms with E-state index in [1.54, 1.807) is 0 Å². The molecule has 0 atom stereocenters. The molecule has 0 unspecified atom stereocenters. The van der Waals surface area contributed by atoms with Gasteiger partial charge in [-0.1, -0.05) is 6.42 Å². The van der Waals surface area contributed by atoms with Crippen molar-refractivity contribution in [1.82, 2.24) is 14.5 Å². The Balaban J connectivity index is 1.67. The molecule has 0 saturated carbocycles. The lowest BCUT2D eigenvalue weighted by Gasteiger charge is -2.26. The SMILES string of the molecule is O=C(c1ccc2c(c1)nc1n2CCCCC1)N1CCOCC1. The van der Waals surface area contributed by atoms with Crippen LogP contribution in [0.2, 0.25) is 0 Å². The Morgan fingerprint density at radius 2 is 1.95 bits per heavy atom. The van der Waals surface area contributed by atoms with Crippen molar-refractivity contribution in [1.29, 1.82) is 0 Å². The first-order valence-electron chi connectivity index (χ1n) is 8.19. The summed E-state index contributed by atoms with van der Waals surface area (Å²) in [5.74, 6) is 1.26. The third-order valence-electron chi connectivity index (χ3n) is 4.65. The van der Waals surface area contributed by atoms with Gasteiger partial charge < -0.3 is 14.2 Å². The zero-order chi connectivity index (χ0) is 14.9. The first kappa shape index (κ1) is 13.8. The van der Waals surface area contributed by atoms with Crippen LogP contribution in [0, 0.1) is 0 Å². The van der Waals surface area contributed by atoms with Crippen LogP contribution in [0.15, 0.2) is 18.2 Å². The first-order chi connectivity index (χ1) is 10.8. The molecule has 0 radical (unpaired) electrons. The van der Waals surface area contributed by atoms with Crippen molar-refractivity contribution >= 4 is 16.9 Å². The van der Waals surface area contributed by atoms with Crippen LogP contribution in [-0.2, 0) is 17.7 Å². The lowest BCUT2D eigenvalue weighted by atomic mass is 10.1. The molecule has 2 aliphatic rings.